The summed E-state index contributed by atoms with van der Waals surface area (Å²) in [5.41, 5.74) is 1.57. The maximum atomic E-state index is 12.1. The van der Waals surface area contributed by atoms with Gasteiger partial charge in [-0.1, -0.05) is 48.0 Å². The summed E-state index contributed by atoms with van der Waals surface area (Å²) in [4.78, 5) is 18.5. The zero-order valence-electron chi connectivity index (χ0n) is 15.9. The minimum Gasteiger partial charge on any atom is -0.356 e. The molecule has 2 N–H and O–H groups in total. The van der Waals surface area contributed by atoms with E-state index in [1.807, 2.05) is 18.7 Å². The molecule has 5 nitrogen and oxygen atoms in total. The van der Waals surface area contributed by atoms with E-state index in [4.69, 9.17) is 0 Å². The second kappa shape index (κ2) is 7.99. The van der Waals surface area contributed by atoms with Crippen molar-refractivity contribution in [3.8, 4) is 0 Å². The summed E-state index contributed by atoms with van der Waals surface area (Å²) in [7, 11) is 1.80. The Bertz CT molecular complexity index is 684. The van der Waals surface area contributed by atoms with Gasteiger partial charge in [-0.3, -0.25) is 9.79 Å². The van der Waals surface area contributed by atoms with Crippen LogP contribution in [0.15, 0.2) is 33.7 Å². The SMILES string of the molecule is CN=C(NCC1(c2ccccc2Br)CC1)NC1CCN(C(=O)C(C)C)C1. The van der Waals surface area contributed by atoms with E-state index in [1.54, 1.807) is 7.05 Å². The summed E-state index contributed by atoms with van der Waals surface area (Å²) in [6.45, 7) is 6.37. The van der Waals surface area contributed by atoms with Crippen LogP contribution in [0.25, 0.3) is 0 Å². The molecule has 1 amide bonds. The highest BCUT2D eigenvalue weighted by molar-refractivity contribution is 9.10. The molecule has 2 aliphatic rings. The van der Waals surface area contributed by atoms with E-state index in [0.29, 0.717) is 0 Å². The predicted molar refractivity (Wildman–Crippen MR) is 109 cm³/mol. The van der Waals surface area contributed by atoms with Crippen molar-refractivity contribution in [2.75, 3.05) is 26.7 Å². The van der Waals surface area contributed by atoms with Gasteiger partial charge in [-0.05, 0) is 30.9 Å². The van der Waals surface area contributed by atoms with Gasteiger partial charge in [0, 0.05) is 48.5 Å². The molecule has 1 heterocycles. The number of benzene rings is 1. The minimum absolute atomic E-state index is 0.0604. The number of hydrogen-bond donors (Lipinski definition) is 2. The van der Waals surface area contributed by atoms with Gasteiger partial charge in [-0.15, -0.1) is 0 Å². The standard InChI is InChI=1S/C20H29BrN4O/c1-14(2)18(26)25-11-8-15(12-25)24-19(22-3)23-13-20(9-10-20)16-6-4-5-7-17(16)21/h4-7,14-15H,8-13H2,1-3H3,(H2,22,23,24). The molecule has 1 saturated heterocycles. The summed E-state index contributed by atoms with van der Waals surface area (Å²) in [5.74, 6) is 1.13. The van der Waals surface area contributed by atoms with Gasteiger partial charge >= 0.3 is 0 Å². The number of carbonyl (C=O) groups excluding carboxylic acids is 1. The van der Waals surface area contributed by atoms with Crippen LogP contribution >= 0.6 is 15.9 Å². The maximum Gasteiger partial charge on any atom is 0.225 e. The van der Waals surface area contributed by atoms with Gasteiger partial charge in [0.05, 0.1) is 0 Å². The minimum atomic E-state index is 0.0604. The zero-order chi connectivity index (χ0) is 18.7. The lowest BCUT2D eigenvalue weighted by Crippen LogP contribution is -2.47. The van der Waals surface area contributed by atoms with Crippen LogP contribution in [0, 0.1) is 5.92 Å². The van der Waals surface area contributed by atoms with E-state index in [-0.39, 0.29) is 23.3 Å². The van der Waals surface area contributed by atoms with Gasteiger partial charge in [-0.2, -0.15) is 0 Å². The van der Waals surface area contributed by atoms with Crippen molar-refractivity contribution in [1.29, 1.82) is 0 Å². The molecule has 1 aromatic rings. The Morgan fingerprint density at radius 2 is 2.12 bits per heavy atom. The third-order valence-corrected chi connectivity index (χ3v) is 6.14. The van der Waals surface area contributed by atoms with Crippen molar-refractivity contribution in [3.63, 3.8) is 0 Å². The van der Waals surface area contributed by atoms with Gasteiger partial charge in [-0.25, -0.2) is 0 Å². The largest absolute Gasteiger partial charge is 0.356 e. The Morgan fingerprint density at radius 3 is 2.73 bits per heavy atom. The summed E-state index contributed by atoms with van der Waals surface area (Å²) in [5, 5.41) is 7.00. The molecule has 1 aliphatic heterocycles. The third kappa shape index (κ3) is 4.22. The number of halogens is 1. The molecule has 0 radical (unpaired) electrons. The van der Waals surface area contributed by atoms with Crippen LogP contribution in [-0.2, 0) is 10.2 Å². The number of rotatable bonds is 5. The Morgan fingerprint density at radius 1 is 1.38 bits per heavy atom. The average Bonchev–Trinajstić information content (AvgIpc) is 3.27. The summed E-state index contributed by atoms with van der Waals surface area (Å²) < 4.78 is 1.18. The smallest absolute Gasteiger partial charge is 0.225 e. The van der Waals surface area contributed by atoms with E-state index < -0.39 is 0 Å². The molecule has 0 aromatic heterocycles. The first-order valence-electron chi connectivity index (χ1n) is 9.46. The molecule has 1 unspecified atom stereocenters. The Kier molecular flexibility index (Phi) is 5.90. The van der Waals surface area contributed by atoms with Gasteiger partial charge in [0.15, 0.2) is 5.96 Å². The van der Waals surface area contributed by atoms with Crippen molar-refractivity contribution in [3.05, 3.63) is 34.3 Å². The number of carbonyl (C=O) groups is 1. The maximum absolute atomic E-state index is 12.1. The zero-order valence-corrected chi connectivity index (χ0v) is 17.5. The fourth-order valence-corrected chi connectivity index (χ4v) is 4.37. The lowest BCUT2D eigenvalue weighted by molar-refractivity contribution is -0.133. The van der Waals surface area contributed by atoms with Crippen LogP contribution in [0.4, 0.5) is 0 Å². The van der Waals surface area contributed by atoms with Crippen LogP contribution < -0.4 is 10.6 Å². The quantitative estimate of drug-likeness (QED) is 0.568. The molecular weight excluding hydrogens is 392 g/mol. The molecule has 0 spiro atoms. The van der Waals surface area contributed by atoms with Crippen molar-refractivity contribution < 1.29 is 4.79 Å². The van der Waals surface area contributed by atoms with Crippen LogP contribution in [0.2, 0.25) is 0 Å². The molecule has 0 bridgehead atoms. The normalized spacial score (nSPS) is 21.8. The fourth-order valence-electron chi connectivity index (χ4n) is 3.67. The lowest BCUT2D eigenvalue weighted by atomic mass is 9.96. The Hall–Kier alpha value is -1.56. The molecule has 1 atom stereocenters. The fraction of sp³-hybridized carbons (Fsp3) is 0.600. The van der Waals surface area contributed by atoms with Gasteiger partial charge in [0.2, 0.25) is 5.91 Å². The number of nitrogens with one attached hydrogen (secondary N) is 2. The van der Waals surface area contributed by atoms with Crippen LogP contribution in [0.3, 0.4) is 0 Å². The Labute approximate surface area is 164 Å². The van der Waals surface area contributed by atoms with Gasteiger partial charge in [0.25, 0.3) is 0 Å². The van der Waals surface area contributed by atoms with E-state index in [9.17, 15) is 4.79 Å². The molecule has 1 aromatic carbocycles. The summed E-state index contributed by atoms with van der Waals surface area (Å²) in [6, 6.07) is 8.75. The number of likely N-dealkylation sites (tertiary alicyclic amines) is 1. The summed E-state index contributed by atoms with van der Waals surface area (Å²) >= 11 is 3.69. The number of nitrogens with zero attached hydrogens (tertiary/aromatic N) is 2. The number of hydrogen-bond acceptors (Lipinski definition) is 2. The monoisotopic (exact) mass is 420 g/mol. The van der Waals surface area contributed by atoms with Crippen LogP contribution in [0.5, 0.6) is 0 Å². The molecular formula is C20H29BrN4O. The number of aliphatic imine (C=N–C) groups is 1. The predicted octanol–water partition coefficient (Wildman–Crippen LogP) is 2.90. The average molecular weight is 421 g/mol. The van der Waals surface area contributed by atoms with E-state index in [0.717, 1.165) is 32.0 Å². The second-order valence-corrected chi connectivity index (χ2v) is 8.61. The van der Waals surface area contributed by atoms with Gasteiger partial charge < -0.3 is 15.5 Å². The first kappa shape index (κ1) is 19.2. The van der Waals surface area contributed by atoms with Crippen LogP contribution in [-0.4, -0.2) is 49.5 Å². The highest BCUT2D eigenvalue weighted by Crippen LogP contribution is 2.49. The number of guanidine groups is 1. The number of amides is 1. The molecule has 2 fully saturated rings. The van der Waals surface area contributed by atoms with Crippen molar-refractivity contribution in [1.82, 2.24) is 15.5 Å². The molecule has 1 saturated carbocycles. The highest BCUT2D eigenvalue weighted by Gasteiger charge is 2.45. The van der Waals surface area contributed by atoms with Gasteiger partial charge in [0.1, 0.15) is 0 Å². The first-order valence-corrected chi connectivity index (χ1v) is 10.3. The molecule has 26 heavy (non-hydrogen) atoms. The van der Waals surface area contributed by atoms with Crippen molar-refractivity contribution >= 4 is 27.8 Å². The second-order valence-electron chi connectivity index (χ2n) is 7.75. The van der Waals surface area contributed by atoms with E-state index in [2.05, 4.69) is 55.8 Å². The lowest BCUT2D eigenvalue weighted by Gasteiger charge is -2.23. The molecule has 6 heteroatoms. The van der Waals surface area contributed by atoms with Crippen LogP contribution in [0.1, 0.15) is 38.7 Å². The third-order valence-electron chi connectivity index (χ3n) is 5.45. The topological polar surface area (TPSA) is 56.7 Å². The molecule has 3 rings (SSSR count). The molecule has 142 valence electrons. The van der Waals surface area contributed by atoms with E-state index >= 15 is 0 Å². The Balaban J connectivity index is 1.54. The highest BCUT2D eigenvalue weighted by atomic mass is 79.9. The molecule has 1 aliphatic carbocycles. The summed E-state index contributed by atoms with van der Waals surface area (Å²) in [6.07, 6.45) is 3.36. The van der Waals surface area contributed by atoms with E-state index in [1.165, 1.54) is 22.9 Å². The van der Waals surface area contributed by atoms with Crippen molar-refractivity contribution in [2.45, 2.75) is 44.6 Å². The van der Waals surface area contributed by atoms with Crippen molar-refractivity contribution in [2.24, 2.45) is 10.9 Å². The first-order chi connectivity index (χ1) is 12.4.